The number of nitrogens with one attached hydrogen (secondary N) is 4. The van der Waals surface area contributed by atoms with E-state index in [2.05, 4.69) is 31.5 Å². The van der Waals surface area contributed by atoms with Crippen LogP contribution in [0.4, 0.5) is 11.6 Å². The van der Waals surface area contributed by atoms with Crippen molar-refractivity contribution in [1.82, 2.24) is 30.2 Å². The van der Waals surface area contributed by atoms with Gasteiger partial charge in [-0.1, -0.05) is 24.3 Å². The summed E-state index contributed by atoms with van der Waals surface area (Å²) in [6.07, 6.45) is 0. The number of ether oxygens (including phenoxy) is 6. The number of methoxy groups -OCH3 is 4. The van der Waals surface area contributed by atoms with E-state index in [1.807, 2.05) is 12.1 Å². The Labute approximate surface area is 316 Å². The summed E-state index contributed by atoms with van der Waals surface area (Å²) in [6, 6.07) is 17.0. The number of carbonyl (C=O) groups is 5. The number of rotatable bonds is 22. The van der Waals surface area contributed by atoms with Crippen LogP contribution in [-0.4, -0.2) is 124 Å². The lowest BCUT2D eigenvalue weighted by Gasteiger charge is -2.09. The van der Waals surface area contributed by atoms with Crippen LogP contribution in [0.1, 0.15) is 32.1 Å². The Morgan fingerprint density at radius 1 is 0.600 bits per heavy atom. The van der Waals surface area contributed by atoms with Crippen LogP contribution in [0.3, 0.4) is 0 Å². The Hall–Kier alpha value is -6.31. The van der Waals surface area contributed by atoms with Gasteiger partial charge in [0.15, 0.2) is 11.6 Å². The van der Waals surface area contributed by atoms with Crippen molar-refractivity contribution in [1.29, 1.82) is 0 Å². The summed E-state index contributed by atoms with van der Waals surface area (Å²) >= 11 is 0. The van der Waals surface area contributed by atoms with Crippen molar-refractivity contribution in [3.05, 3.63) is 83.2 Å². The van der Waals surface area contributed by atoms with Crippen molar-refractivity contribution in [3.63, 3.8) is 0 Å². The third-order valence-corrected chi connectivity index (χ3v) is 7.60. The Morgan fingerprint density at radius 3 is 1.67 bits per heavy atom. The Bertz CT molecular complexity index is 1890. The molecule has 0 aliphatic carbocycles. The van der Waals surface area contributed by atoms with Gasteiger partial charge in [0.25, 0.3) is 11.8 Å². The van der Waals surface area contributed by atoms with Crippen molar-refractivity contribution >= 4 is 41.2 Å². The Kier molecular flexibility index (Phi) is 16.1. The van der Waals surface area contributed by atoms with Gasteiger partial charge in [0.05, 0.1) is 73.9 Å². The normalized spacial score (nSPS) is 10.7. The molecule has 0 unspecified atom stereocenters. The molecule has 0 fully saturated rings. The molecule has 0 bridgehead atoms. The first-order valence-corrected chi connectivity index (χ1v) is 16.9. The molecule has 19 nitrogen and oxygen atoms in total. The van der Waals surface area contributed by atoms with E-state index in [4.69, 9.17) is 28.4 Å². The van der Waals surface area contributed by atoms with Gasteiger partial charge in [-0.3, -0.25) is 28.5 Å². The molecule has 294 valence electrons. The first kappa shape index (κ1) is 41.4. The maximum Gasteiger partial charge on any atom is 0.356 e. The predicted octanol–water partition coefficient (Wildman–Crippen LogP) is 1.08. The van der Waals surface area contributed by atoms with Gasteiger partial charge in [-0.2, -0.15) is 10.2 Å². The van der Waals surface area contributed by atoms with Crippen molar-refractivity contribution in [2.75, 3.05) is 85.2 Å². The smallest absolute Gasteiger partial charge is 0.356 e. The Balaban J connectivity index is 1.32. The average Bonchev–Trinajstić information content (AvgIpc) is 3.78. The van der Waals surface area contributed by atoms with Crippen LogP contribution in [0, 0.1) is 0 Å². The molecule has 4 N–H and O–H groups in total. The molecular formula is C36H44N8O11. The van der Waals surface area contributed by atoms with E-state index in [-0.39, 0.29) is 55.9 Å². The van der Waals surface area contributed by atoms with Crippen LogP contribution in [-0.2, 0) is 46.4 Å². The SMILES string of the molecule is COCCOCCOCC(=O)Nc1cc(C(=O)NCC(=O)NCC(=O)Nc2cc(C(=O)OC)n(Cc3ccc(OC)cc3)n2)n(Cc2ccc(OC)cc2)n1. The highest BCUT2D eigenvalue weighted by Gasteiger charge is 2.20. The van der Waals surface area contributed by atoms with Gasteiger partial charge >= 0.3 is 5.97 Å². The molecule has 55 heavy (non-hydrogen) atoms. The fraction of sp³-hybridized carbons (Fsp3) is 0.361. The molecule has 4 rings (SSSR count). The van der Waals surface area contributed by atoms with Gasteiger partial charge in [0.1, 0.15) is 29.5 Å². The van der Waals surface area contributed by atoms with E-state index in [1.165, 1.54) is 28.6 Å². The number of carbonyl (C=O) groups excluding carboxylic acids is 5. The largest absolute Gasteiger partial charge is 0.497 e. The summed E-state index contributed by atoms with van der Waals surface area (Å²) in [4.78, 5) is 63.5. The number of anilines is 2. The summed E-state index contributed by atoms with van der Waals surface area (Å²) in [7, 11) is 5.89. The third-order valence-electron chi connectivity index (χ3n) is 7.60. The van der Waals surface area contributed by atoms with Gasteiger partial charge in [0, 0.05) is 19.2 Å². The van der Waals surface area contributed by atoms with Crippen molar-refractivity contribution in [3.8, 4) is 11.5 Å². The lowest BCUT2D eigenvalue weighted by molar-refractivity contribution is -0.123. The van der Waals surface area contributed by atoms with Crippen LogP contribution < -0.4 is 30.7 Å². The highest BCUT2D eigenvalue weighted by atomic mass is 16.5. The number of hydrogen-bond donors (Lipinski definition) is 4. The number of aromatic nitrogens is 4. The predicted molar refractivity (Wildman–Crippen MR) is 196 cm³/mol. The second-order valence-corrected chi connectivity index (χ2v) is 11.5. The molecule has 2 heterocycles. The van der Waals surface area contributed by atoms with Gasteiger partial charge in [-0.15, -0.1) is 0 Å². The van der Waals surface area contributed by atoms with Gasteiger partial charge in [0.2, 0.25) is 11.8 Å². The molecule has 0 atom stereocenters. The van der Waals surface area contributed by atoms with Crippen LogP contribution in [0.5, 0.6) is 11.5 Å². The molecule has 0 spiro atoms. The average molecular weight is 765 g/mol. The van der Waals surface area contributed by atoms with Crippen LogP contribution >= 0.6 is 0 Å². The van der Waals surface area contributed by atoms with E-state index in [9.17, 15) is 24.0 Å². The summed E-state index contributed by atoms with van der Waals surface area (Å²) in [6.45, 7) is 0.459. The van der Waals surface area contributed by atoms with Crippen molar-refractivity contribution in [2.24, 2.45) is 0 Å². The molecule has 0 aliphatic heterocycles. The minimum Gasteiger partial charge on any atom is -0.497 e. The number of amides is 4. The molecule has 19 heteroatoms. The van der Waals surface area contributed by atoms with Crippen LogP contribution in [0.25, 0.3) is 0 Å². The fourth-order valence-corrected chi connectivity index (χ4v) is 4.84. The quantitative estimate of drug-likeness (QED) is 0.0651. The van der Waals surface area contributed by atoms with E-state index >= 15 is 0 Å². The summed E-state index contributed by atoms with van der Waals surface area (Å²) < 4.78 is 33.5. The molecule has 2 aromatic carbocycles. The van der Waals surface area contributed by atoms with E-state index < -0.39 is 42.7 Å². The monoisotopic (exact) mass is 764 g/mol. The van der Waals surface area contributed by atoms with Crippen LogP contribution in [0.2, 0.25) is 0 Å². The third kappa shape index (κ3) is 13.2. The lowest BCUT2D eigenvalue weighted by atomic mass is 10.2. The highest BCUT2D eigenvalue weighted by Crippen LogP contribution is 2.17. The van der Waals surface area contributed by atoms with Crippen molar-refractivity contribution in [2.45, 2.75) is 13.1 Å². The zero-order valence-corrected chi connectivity index (χ0v) is 30.9. The number of hydrogen-bond acceptors (Lipinski definition) is 13. The lowest BCUT2D eigenvalue weighted by Crippen LogP contribution is -2.40. The topological polar surface area (TPSA) is 224 Å². The minimum absolute atomic E-state index is 0.0516. The maximum absolute atomic E-state index is 13.3. The second-order valence-electron chi connectivity index (χ2n) is 11.5. The summed E-state index contributed by atoms with van der Waals surface area (Å²) in [5, 5.41) is 18.8. The summed E-state index contributed by atoms with van der Waals surface area (Å²) in [5.74, 6) is -1.66. The summed E-state index contributed by atoms with van der Waals surface area (Å²) in [5.41, 5.74) is 1.74. The first-order valence-electron chi connectivity index (χ1n) is 16.9. The van der Waals surface area contributed by atoms with E-state index in [0.717, 1.165) is 11.1 Å². The first-order chi connectivity index (χ1) is 26.6. The molecule has 4 amide bonds. The van der Waals surface area contributed by atoms with E-state index in [0.29, 0.717) is 24.7 Å². The Morgan fingerprint density at radius 2 is 1.11 bits per heavy atom. The zero-order chi connectivity index (χ0) is 39.6. The minimum atomic E-state index is -0.665. The second kappa shape index (κ2) is 21.4. The van der Waals surface area contributed by atoms with Crippen LogP contribution in [0.15, 0.2) is 60.7 Å². The number of benzene rings is 2. The maximum atomic E-state index is 13.3. The molecule has 0 aliphatic rings. The fourth-order valence-electron chi connectivity index (χ4n) is 4.84. The van der Waals surface area contributed by atoms with Gasteiger partial charge in [-0.25, -0.2) is 4.79 Å². The van der Waals surface area contributed by atoms with Gasteiger partial charge < -0.3 is 49.7 Å². The number of nitrogens with zero attached hydrogens (tertiary/aromatic N) is 4. The highest BCUT2D eigenvalue weighted by molar-refractivity contribution is 5.99. The molecular weight excluding hydrogens is 720 g/mol. The zero-order valence-electron chi connectivity index (χ0n) is 30.9. The molecule has 0 saturated carbocycles. The molecule has 2 aromatic heterocycles. The van der Waals surface area contributed by atoms with Crippen molar-refractivity contribution < 1.29 is 52.4 Å². The number of esters is 1. The molecule has 4 aromatic rings. The molecule has 0 radical (unpaired) electrons. The molecule has 0 saturated heterocycles. The van der Waals surface area contributed by atoms with Gasteiger partial charge in [-0.05, 0) is 35.4 Å². The van der Waals surface area contributed by atoms with E-state index in [1.54, 1.807) is 57.7 Å². The standard InChI is InChI=1S/C36H44N8O11/c1-50-13-14-54-15-16-55-23-34(47)40-30-17-28(43(41-30)21-24-5-9-26(51-2)10-6-24)35(48)38-19-32(45)37-20-33(46)39-31-18-29(36(49)53-4)44(42-31)22-25-7-11-27(52-3)12-8-25/h5-12,17-18H,13-16,19-23H2,1-4H3,(H,37,45)(H,38,48)(H,39,42,46)(H,40,41,47).